The average Bonchev–Trinajstić information content (AvgIpc) is 2.46. The third kappa shape index (κ3) is 4.62. The van der Waals surface area contributed by atoms with Crippen molar-refractivity contribution in [3.05, 3.63) is 35.4 Å². The SMILES string of the molecule is Cc1ccc(C(C)CNC(=O)CC2COCCN2)cc1. The summed E-state index contributed by atoms with van der Waals surface area (Å²) in [6, 6.07) is 8.62. The van der Waals surface area contributed by atoms with Gasteiger partial charge in [0.1, 0.15) is 0 Å². The number of aryl methyl sites for hydroxylation is 1. The molecule has 1 fully saturated rings. The van der Waals surface area contributed by atoms with Gasteiger partial charge in [-0.3, -0.25) is 4.79 Å². The summed E-state index contributed by atoms with van der Waals surface area (Å²) < 4.78 is 5.35. The van der Waals surface area contributed by atoms with Crippen molar-refractivity contribution in [3.63, 3.8) is 0 Å². The van der Waals surface area contributed by atoms with E-state index in [-0.39, 0.29) is 11.9 Å². The van der Waals surface area contributed by atoms with Gasteiger partial charge in [0.05, 0.1) is 13.2 Å². The fraction of sp³-hybridized carbons (Fsp3) is 0.562. The first-order valence-electron chi connectivity index (χ1n) is 7.29. The number of amides is 1. The zero-order valence-electron chi connectivity index (χ0n) is 12.3. The lowest BCUT2D eigenvalue weighted by Crippen LogP contribution is -2.44. The second-order valence-corrected chi connectivity index (χ2v) is 5.55. The first kappa shape index (κ1) is 15.0. The number of hydrogen-bond acceptors (Lipinski definition) is 3. The fourth-order valence-corrected chi connectivity index (χ4v) is 2.33. The molecule has 1 aliphatic rings. The van der Waals surface area contributed by atoms with Crippen LogP contribution in [0.3, 0.4) is 0 Å². The number of ether oxygens (including phenoxy) is 1. The standard InChI is InChI=1S/C16H24N2O2/c1-12-3-5-14(6-4-12)13(2)10-18-16(19)9-15-11-20-8-7-17-15/h3-6,13,15,17H,7-11H2,1-2H3,(H,18,19). The molecule has 0 saturated carbocycles. The molecule has 20 heavy (non-hydrogen) atoms. The van der Waals surface area contributed by atoms with E-state index < -0.39 is 0 Å². The Balaban J connectivity index is 1.73. The van der Waals surface area contributed by atoms with Gasteiger partial charge in [-0.1, -0.05) is 36.8 Å². The number of carbonyl (C=O) groups is 1. The summed E-state index contributed by atoms with van der Waals surface area (Å²) in [6.45, 7) is 7.08. The zero-order chi connectivity index (χ0) is 14.4. The first-order chi connectivity index (χ1) is 9.65. The van der Waals surface area contributed by atoms with E-state index in [1.54, 1.807) is 0 Å². The van der Waals surface area contributed by atoms with Crippen LogP contribution < -0.4 is 10.6 Å². The topological polar surface area (TPSA) is 50.4 Å². The van der Waals surface area contributed by atoms with Gasteiger partial charge in [-0.25, -0.2) is 0 Å². The summed E-state index contributed by atoms with van der Waals surface area (Å²) in [5.74, 6) is 0.419. The summed E-state index contributed by atoms with van der Waals surface area (Å²) in [5, 5.41) is 6.30. The van der Waals surface area contributed by atoms with Crippen LogP contribution in [0.4, 0.5) is 0 Å². The van der Waals surface area contributed by atoms with Gasteiger partial charge in [-0.15, -0.1) is 0 Å². The van der Waals surface area contributed by atoms with E-state index in [1.807, 2.05) is 0 Å². The van der Waals surface area contributed by atoms with Crippen LogP contribution in [-0.2, 0) is 9.53 Å². The molecule has 1 heterocycles. The summed E-state index contributed by atoms with van der Waals surface area (Å²) in [6.07, 6.45) is 0.487. The van der Waals surface area contributed by atoms with Crippen molar-refractivity contribution in [2.24, 2.45) is 0 Å². The van der Waals surface area contributed by atoms with Crippen LogP contribution in [0.1, 0.15) is 30.4 Å². The molecule has 110 valence electrons. The monoisotopic (exact) mass is 276 g/mol. The molecule has 2 rings (SSSR count). The Hall–Kier alpha value is -1.39. The average molecular weight is 276 g/mol. The van der Waals surface area contributed by atoms with E-state index in [1.165, 1.54) is 11.1 Å². The van der Waals surface area contributed by atoms with Crippen molar-refractivity contribution in [2.75, 3.05) is 26.3 Å². The Morgan fingerprint density at radius 2 is 2.20 bits per heavy atom. The van der Waals surface area contributed by atoms with Gasteiger partial charge in [0.15, 0.2) is 0 Å². The molecule has 4 heteroatoms. The lowest BCUT2D eigenvalue weighted by atomic mass is 10.00. The van der Waals surface area contributed by atoms with E-state index >= 15 is 0 Å². The lowest BCUT2D eigenvalue weighted by Gasteiger charge is -2.23. The van der Waals surface area contributed by atoms with Gasteiger partial charge in [-0.05, 0) is 18.4 Å². The Kier molecular flexibility index (Phi) is 5.56. The van der Waals surface area contributed by atoms with Crippen LogP contribution in [0.5, 0.6) is 0 Å². The zero-order valence-corrected chi connectivity index (χ0v) is 12.3. The lowest BCUT2D eigenvalue weighted by molar-refractivity contribution is -0.122. The van der Waals surface area contributed by atoms with Gasteiger partial charge in [0.25, 0.3) is 0 Å². The highest BCUT2D eigenvalue weighted by atomic mass is 16.5. The molecule has 2 N–H and O–H groups in total. The normalized spacial score (nSPS) is 20.4. The van der Waals surface area contributed by atoms with Crippen molar-refractivity contribution >= 4 is 5.91 Å². The molecule has 0 spiro atoms. The Morgan fingerprint density at radius 1 is 1.45 bits per heavy atom. The van der Waals surface area contributed by atoms with Crippen molar-refractivity contribution in [1.82, 2.24) is 10.6 Å². The van der Waals surface area contributed by atoms with E-state index in [0.29, 0.717) is 25.5 Å². The maximum absolute atomic E-state index is 11.9. The molecule has 1 aromatic rings. The summed E-state index contributed by atoms with van der Waals surface area (Å²) in [5.41, 5.74) is 2.52. The van der Waals surface area contributed by atoms with Gasteiger partial charge >= 0.3 is 0 Å². The van der Waals surface area contributed by atoms with Crippen molar-refractivity contribution in [1.29, 1.82) is 0 Å². The highest BCUT2D eigenvalue weighted by molar-refractivity contribution is 5.76. The molecule has 1 aliphatic heterocycles. The molecule has 4 nitrogen and oxygen atoms in total. The highest BCUT2D eigenvalue weighted by Crippen LogP contribution is 2.14. The fourth-order valence-electron chi connectivity index (χ4n) is 2.33. The Morgan fingerprint density at radius 3 is 2.85 bits per heavy atom. The minimum Gasteiger partial charge on any atom is -0.378 e. The number of nitrogens with one attached hydrogen (secondary N) is 2. The molecular weight excluding hydrogens is 252 g/mol. The molecular formula is C16H24N2O2. The van der Waals surface area contributed by atoms with E-state index in [9.17, 15) is 4.79 Å². The van der Waals surface area contributed by atoms with Crippen LogP contribution >= 0.6 is 0 Å². The quantitative estimate of drug-likeness (QED) is 0.859. The molecule has 0 aliphatic carbocycles. The molecule has 0 bridgehead atoms. The van der Waals surface area contributed by atoms with Crippen LogP contribution in [-0.4, -0.2) is 38.3 Å². The van der Waals surface area contributed by atoms with Crippen LogP contribution in [0, 0.1) is 6.92 Å². The van der Waals surface area contributed by atoms with Gasteiger partial charge < -0.3 is 15.4 Å². The molecule has 0 aromatic heterocycles. The number of benzene rings is 1. The summed E-state index contributed by atoms with van der Waals surface area (Å²) in [4.78, 5) is 11.9. The smallest absolute Gasteiger partial charge is 0.221 e. The molecule has 2 unspecified atom stereocenters. The largest absolute Gasteiger partial charge is 0.378 e. The second-order valence-electron chi connectivity index (χ2n) is 5.55. The number of morpholine rings is 1. The summed E-state index contributed by atoms with van der Waals surface area (Å²) >= 11 is 0. The molecule has 1 amide bonds. The number of hydrogen-bond donors (Lipinski definition) is 2. The molecule has 1 saturated heterocycles. The Bertz CT molecular complexity index is 425. The van der Waals surface area contributed by atoms with E-state index in [0.717, 1.165) is 13.2 Å². The van der Waals surface area contributed by atoms with Gasteiger partial charge in [0, 0.05) is 25.6 Å². The number of carbonyl (C=O) groups excluding carboxylic acids is 1. The van der Waals surface area contributed by atoms with Crippen molar-refractivity contribution in [3.8, 4) is 0 Å². The van der Waals surface area contributed by atoms with Crippen molar-refractivity contribution in [2.45, 2.75) is 32.2 Å². The van der Waals surface area contributed by atoms with Crippen LogP contribution in [0.25, 0.3) is 0 Å². The van der Waals surface area contributed by atoms with Crippen LogP contribution in [0.2, 0.25) is 0 Å². The van der Waals surface area contributed by atoms with Crippen molar-refractivity contribution < 1.29 is 9.53 Å². The van der Waals surface area contributed by atoms with Gasteiger partial charge in [0.2, 0.25) is 5.91 Å². The second kappa shape index (κ2) is 7.41. The molecule has 0 radical (unpaired) electrons. The van der Waals surface area contributed by atoms with Gasteiger partial charge in [-0.2, -0.15) is 0 Å². The van der Waals surface area contributed by atoms with Crippen LogP contribution in [0.15, 0.2) is 24.3 Å². The number of rotatable bonds is 5. The van der Waals surface area contributed by atoms with E-state index in [2.05, 4.69) is 48.7 Å². The maximum Gasteiger partial charge on any atom is 0.221 e. The van der Waals surface area contributed by atoms with E-state index in [4.69, 9.17) is 4.74 Å². The predicted molar refractivity (Wildman–Crippen MR) is 79.8 cm³/mol. The maximum atomic E-state index is 11.9. The Labute approximate surface area is 120 Å². The molecule has 1 aromatic carbocycles. The summed E-state index contributed by atoms with van der Waals surface area (Å²) in [7, 11) is 0. The first-order valence-corrected chi connectivity index (χ1v) is 7.29. The predicted octanol–water partition coefficient (Wildman–Crippen LogP) is 1.59. The highest BCUT2D eigenvalue weighted by Gasteiger charge is 2.17. The molecule has 2 atom stereocenters. The third-order valence-corrected chi connectivity index (χ3v) is 3.68. The minimum atomic E-state index is 0.0898. The minimum absolute atomic E-state index is 0.0898. The third-order valence-electron chi connectivity index (χ3n) is 3.68.